The van der Waals surface area contributed by atoms with Crippen LogP contribution in [-0.2, 0) is 6.42 Å². The first-order valence-electron chi connectivity index (χ1n) is 7.85. The van der Waals surface area contributed by atoms with E-state index in [2.05, 4.69) is 45.0 Å². The molecule has 0 amide bonds. The summed E-state index contributed by atoms with van der Waals surface area (Å²) in [5.41, 5.74) is 4.77. The molecule has 0 N–H and O–H groups in total. The van der Waals surface area contributed by atoms with Gasteiger partial charge in [-0.1, -0.05) is 61.8 Å². The van der Waals surface area contributed by atoms with E-state index < -0.39 is 0 Å². The fourth-order valence-corrected chi connectivity index (χ4v) is 3.72. The van der Waals surface area contributed by atoms with E-state index in [9.17, 15) is 0 Å². The van der Waals surface area contributed by atoms with Gasteiger partial charge in [-0.15, -0.1) is 11.3 Å². The lowest BCUT2D eigenvalue weighted by Crippen LogP contribution is -1.93. The Balaban J connectivity index is 1.90. The fraction of sp³-hybridized carbons (Fsp3) is 0.250. The first-order valence-corrected chi connectivity index (χ1v) is 9.05. The molecular formula is C20H20ClNS. The Labute approximate surface area is 147 Å². The molecular weight excluding hydrogens is 322 g/mol. The molecule has 1 nitrogen and oxygen atoms in total. The Kier molecular flexibility index (Phi) is 4.84. The smallest absolute Gasteiger partial charge is 0.124 e. The van der Waals surface area contributed by atoms with Crippen molar-refractivity contribution in [1.29, 1.82) is 0 Å². The van der Waals surface area contributed by atoms with Crippen LogP contribution in [-0.4, -0.2) is 4.98 Å². The second-order valence-electron chi connectivity index (χ2n) is 6.23. The molecule has 0 unspecified atom stereocenters. The van der Waals surface area contributed by atoms with Crippen molar-refractivity contribution in [2.24, 2.45) is 5.92 Å². The predicted octanol–water partition coefficient (Wildman–Crippen LogP) is 6.64. The van der Waals surface area contributed by atoms with E-state index in [1.165, 1.54) is 16.0 Å². The van der Waals surface area contributed by atoms with Crippen LogP contribution in [0.4, 0.5) is 0 Å². The number of nitrogens with zero attached hydrogens (tertiary/aromatic N) is 1. The highest BCUT2D eigenvalue weighted by atomic mass is 35.5. The van der Waals surface area contributed by atoms with Crippen LogP contribution >= 0.6 is 22.9 Å². The van der Waals surface area contributed by atoms with Gasteiger partial charge < -0.3 is 0 Å². The molecule has 3 rings (SSSR count). The maximum atomic E-state index is 5.97. The summed E-state index contributed by atoms with van der Waals surface area (Å²) < 4.78 is 0. The van der Waals surface area contributed by atoms with Crippen LogP contribution in [0.1, 0.15) is 24.3 Å². The summed E-state index contributed by atoms with van der Waals surface area (Å²) in [4.78, 5) is 6.09. The Bertz CT molecular complexity index is 786. The normalized spacial score (nSPS) is 11.2. The van der Waals surface area contributed by atoms with Crippen molar-refractivity contribution < 1.29 is 0 Å². The minimum atomic E-state index is 0.679. The number of halogens is 1. The third kappa shape index (κ3) is 3.82. The zero-order valence-corrected chi connectivity index (χ0v) is 15.2. The summed E-state index contributed by atoms with van der Waals surface area (Å²) in [5, 5.41) is 1.79. The van der Waals surface area contributed by atoms with Crippen LogP contribution in [0.25, 0.3) is 21.8 Å². The number of hydrogen-bond acceptors (Lipinski definition) is 2. The highest BCUT2D eigenvalue weighted by molar-refractivity contribution is 7.15. The van der Waals surface area contributed by atoms with E-state index in [4.69, 9.17) is 16.6 Å². The van der Waals surface area contributed by atoms with E-state index >= 15 is 0 Å². The molecule has 3 heteroatoms. The first-order chi connectivity index (χ1) is 11.0. The lowest BCUT2D eigenvalue weighted by atomic mass is 10.0. The molecule has 0 saturated carbocycles. The van der Waals surface area contributed by atoms with Crippen LogP contribution in [0.2, 0.25) is 5.02 Å². The molecule has 1 heterocycles. The van der Waals surface area contributed by atoms with Gasteiger partial charge in [0.05, 0.1) is 5.69 Å². The van der Waals surface area contributed by atoms with Crippen LogP contribution in [0, 0.1) is 12.8 Å². The van der Waals surface area contributed by atoms with E-state index in [0.29, 0.717) is 5.92 Å². The average molecular weight is 342 g/mol. The zero-order chi connectivity index (χ0) is 16.4. The highest BCUT2D eigenvalue weighted by Crippen LogP contribution is 2.33. The molecule has 0 atom stereocenters. The molecule has 118 valence electrons. The van der Waals surface area contributed by atoms with Crippen LogP contribution in [0.15, 0.2) is 48.5 Å². The van der Waals surface area contributed by atoms with E-state index in [-0.39, 0.29) is 0 Å². The molecule has 0 aliphatic heterocycles. The molecule has 0 aliphatic carbocycles. The Morgan fingerprint density at radius 1 is 0.957 bits per heavy atom. The van der Waals surface area contributed by atoms with Crippen molar-refractivity contribution >= 4 is 22.9 Å². The molecule has 0 bridgehead atoms. The average Bonchev–Trinajstić information content (AvgIpc) is 2.90. The maximum Gasteiger partial charge on any atom is 0.124 e. The quantitative estimate of drug-likeness (QED) is 0.518. The van der Waals surface area contributed by atoms with Gasteiger partial charge >= 0.3 is 0 Å². The third-order valence-electron chi connectivity index (χ3n) is 3.76. The van der Waals surface area contributed by atoms with Crippen molar-refractivity contribution in [3.8, 4) is 21.8 Å². The lowest BCUT2D eigenvalue weighted by molar-refractivity contribution is 0.647. The summed E-state index contributed by atoms with van der Waals surface area (Å²) in [5.74, 6) is 0.679. The van der Waals surface area contributed by atoms with Crippen LogP contribution < -0.4 is 0 Å². The van der Waals surface area contributed by atoms with Crippen LogP contribution in [0.3, 0.4) is 0 Å². The first kappa shape index (κ1) is 16.2. The van der Waals surface area contributed by atoms with E-state index in [1.807, 2.05) is 24.3 Å². The summed E-state index contributed by atoms with van der Waals surface area (Å²) >= 11 is 7.69. The number of rotatable bonds is 4. The molecule has 3 aromatic rings. The highest BCUT2D eigenvalue weighted by Gasteiger charge is 2.11. The van der Waals surface area contributed by atoms with Gasteiger partial charge in [-0.25, -0.2) is 4.98 Å². The second-order valence-corrected chi connectivity index (χ2v) is 7.87. The van der Waals surface area contributed by atoms with Gasteiger partial charge in [0, 0.05) is 21.0 Å². The Morgan fingerprint density at radius 2 is 1.57 bits per heavy atom. The molecule has 1 aromatic heterocycles. The van der Waals surface area contributed by atoms with Gasteiger partial charge in [0.1, 0.15) is 5.01 Å². The molecule has 23 heavy (non-hydrogen) atoms. The van der Waals surface area contributed by atoms with Crippen molar-refractivity contribution in [1.82, 2.24) is 4.98 Å². The summed E-state index contributed by atoms with van der Waals surface area (Å²) in [6, 6.07) is 16.7. The monoisotopic (exact) mass is 341 g/mol. The standard InChI is InChI=1S/C20H20ClNS/c1-13(2)12-15-4-6-16(7-5-15)19-14(3)23-20(22-19)17-8-10-18(21)11-9-17/h4-11,13H,12H2,1-3H3. The number of benzene rings is 2. The van der Waals surface area contributed by atoms with Crippen molar-refractivity contribution in [2.45, 2.75) is 27.2 Å². The number of hydrogen-bond donors (Lipinski definition) is 0. The number of aryl methyl sites for hydroxylation is 1. The molecule has 0 spiro atoms. The minimum absolute atomic E-state index is 0.679. The minimum Gasteiger partial charge on any atom is -0.236 e. The Morgan fingerprint density at radius 3 is 2.17 bits per heavy atom. The molecule has 0 fully saturated rings. The largest absolute Gasteiger partial charge is 0.236 e. The van der Waals surface area contributed by atoms with Crippen molar-refractivity contribution in [3.05, 3.63) is 64.0 Å². The number of aromatic nitrogens is 1. The molecule has 0 radical (unpaired) electrons. The SMILES string of the molecule is Cc1sc(-c2ccc(Cl)cc2)nc1-c1ccc(CC(C)C)cc1. The lowest BCUT2D eigenvalue weighted by Gasteiger charge is -2.06. The van der Waals surface area contributed by atoms with E-state index in [1.54, 1.807) is 11.3 Å². The van der Waals surface area contributed by atoms with Gasteiger partial charge in [0.25, 0.3) is 0 Å². The maximum absolute atomic E-state index is 5.97. The third-order valence-corrected chi connectivity index (χ3v) is 5.03. The predicted molar refractivity (Wildman–Crippen MR) is 101 cm³/mol. The van der Waals surface area contributed by atoms with Gasteiger partial charge in [-0.05, 0) is 37.0 Å². The topological polar surface area (TPSA) is 12.9 Å². The van der Waals surface area contributed by atoms with Gasteiger partial charge in [-0.2, -0.15) is 0 Å². The number of thiazole rings is 1. The summed E-state index contributed by atoms with van der Waals surface area (Å²) in [6.45, 7) is 6.63. The Hall–Kier alpha value is -1.64. The molecule has 0 saturated heterocycles. The molecule has 2 aromatic carbocycles. The van der Waals surface area contributed by atoms with Gasteiger partial charge in [0.2, 0.25) is 0 Å². The van der Waals surface area contributed by atoms with Crippen LogP contribution in [0.5, 0.6) is 0 Å². The summed E-state index contributed by atoms with van der Waals surface area (Å²) in [7, 11) is 0. The van der Waals surface area contributed by atoms with Gasteiger partial charge in [-0.3, -0.25) is 0 Å². The van der Waals surface area contributed by atoms with Crippen molar-refractivity contribution in [3.63, 3.8) is 0 Å². The second kappa shape index (κ2) is 6.86. The van der Waals surface area contributed by atoms with Gasteiger partial charge in [0.15, 0.2) is 0 Å². The zero-order valence-electron chi connectivity index (χ0n) is 13.6. The molecule has 0 aliphatic rings. The van der Waals surface area contributed by atoms with Crippen molar-refractivity contribution in [2.75, 3.05) is 0 Å². The van der Waals surface area contributed by atoms with E-state index in [0.717, 1.165) is 27.7 Å². The fourth-order valence-electron chi connectivity index (χ4n) is 2.65. The summed E-state index contributed by atoms with van der Waals surface area (Å²) in [6.07, 6.45) is 1.12.